The van der Waals surface area contributed by atoms with Crippen molar-refractivity contribution in [1.29, 1.82) is 0 Å². The van der Waals surface area contributed by atoms with Crippen molar-refractivity contribution in [1.82, 2.24) is 9.78 Å². The maximum Gasteiger partial charge on any atom is 0.0801 e. The highest BCUT2D eigenvalue weighted by Gasteiger charge is 2.32. The highest BCUT2D eigenvalue weighted by molar-refractivity contribution is 7.99. The van der Waals surface area contributed by atoms with E-state index in [1.807, 2.05) is 11.8 Å². The average Bonchev–Trinajstić information content (AvgIpc) is 3.00. The first-order chi connectivity index (χ1) is 8.75. The van der Waals surface area contributed by atoms with Crippen LogP contribution in [0.15, 0.2) is 12.3 Å². The molecular formula is C14H22N2OS. The molecule has 1 atom stereocenters. The maximum absolute atomic E-state index is 10.4. The van der Waals surface area contributed by atoms with Gasteiger partial charge in [-0.3, -0.25) is 4.68 Å². The fourth-order valence-electron chi connectivity index (χ4n) is 3.09. The summed E-state index contributed by atoms with van der Waals surface area (Å²) in [5.74, 6) is 1.95. The predicted octanol–water partition coefficient (Wildman–Crippen LogP) is 2.80. The molecule has 1 aromatic rings. The first kappa shape index (κ1) is 12.5. The Morgan fingerprint density at radius 2 is 2.22 bits per heavy atom. The molecule has 0 radical (unpaired) electrons. The number of hydrogen-bond donors (Lipinski definition) is 1. The molecule has 1 aliphatic carbocycles. The van der Waals surface area contributed by atoms with E-state index >= 15 is 0 Å². The van der Waals surface area contributed by atoms with E-state index in [2.05, 4.69) is 16.9 Å². The molecule has 1 N–H and O–H groups in total. The van der Waals surface area contributed by atoms with Gasteiger partial charge in [0.1, 0.15) is 0 Å². The van der Waals surface area contributed by atoms with Crippen LogP contribution in [0.1, 0.15) is 50.3 Å². The molecule has 0 bridgehead atoms. The summed E-state index contributed by atoms with van der Waals surface area (Å²) in [6.07, 6.45) is 10.3. The van der Waals surface area contributed by atoms with E-state index in [1.54, 1.807) is 0 Å². The molecule has 100 valence electrons. The summed E-state index contributed by atoms with van der Waals surface area (Å²) in [4.78, 5) is 0. The van der Waals surface area contributed by atoms with Gasteiger partial charge in [0.05, 0.1) is 17.3 Å². The number of thioether (sulfide) groups is 1. The minimum Gasteiger partial charge on any atom is -0.389 e. The van der Waals surface area contributed by atoms with Crippen LogP contribution in [0.4, 0.5) is 0 Å². The number of nitrogens with zero attached hydrogens (tertiary/aromatic N) is 2. The Kier molecular flexibility index (Phi) is 3.66. The van der Waals surface area contributed by atoms with Crippen LogP contribution < -0.4 is 0 Å². The number of aliphatic hydroxyl groups is 1. The first-order valence-electron chi connectivity index (χ1n) is 7.09. The summed E-state index contributed by atoms with van der Waals surface area (Å²) in [7, 11) is 0. The maximum atomic E-state index is 10.4. The van der Waals surface area contributed by atoms with Gasteiger partial charge in [-0.15, -0.1) is 0 Å². The van der Waals surface area contributed by atoms with Crippen LogP contribution in [0.5, 0.6) is 0 Å². The third-order valence-electron chi connectivity index (χ3n) is 4.21. The van der Waals surface area contributed by atoms with Gasteiger partial charge in [0.25, 0.3) is 0 Å². The van der Waals surface area contributed by atoms with Crippen molar-refractivity contribution in [3.8, 4) is 0 Å². The third-order valence-corrected chi connectivity index (χ3v) is 5.44. The highest BCUT2D eigenvalue weighted by atomic mass is 32.2. The van der Waals surface area contributed by atoms with Crippen molar-refractivity contribution in [2.75, 3.05) is 11.5 Å². The molecule has 1 unspecified atom stereocenters. The van der Waals surface area contributed by atoms with Crippen molar-refractivity contribution < 1.29 is 5.11 Å². The first-order valence-corrected chi connectivity index (χ1v) is 8.25. The molecule has 0 spiro atoms. The quantitative estimate of drug-likeness (QED) is 0.914. The Morgan fingerprint density at radius 3 is 2.94 bits per heavy atom. The molecule has 1 aliphatic heterocycles. The number of rotatable bonds is 3. The predicted molar refractivity (Wildman–Crippen MR) is 74.9 cm³/mol. The van der Waals surface area contributed by atoms with E-state index in [9.17, 15) is 5.11 Å². The molecule has 18 heavy (non-hydrogen) atoms. The third kappa shape index (κ3) is 2.75. The van der Waals surface area contributed by atoms with Crippen LogP contribution in [0, 0.1) is 0 Å². The van der Waals surface area contributed by atoms with Gasteiger partial charge in [0.15, 0.2) is 0 Å². The molecule has 2 fully saturated rings. The van der Waals surface area contributed by atoms with E-state index in [1.165, 1.54) is 32.1 Å². The Hall–Kier alpha value is -0.480. The lowest BCUT2D eigenvalue weighted by Gasteiger charge is -2.22. The lowest BCUT2D eigenvalue weighted by molar-refractivity contribution is 0.0673. The average molecular weight is 266 g/mol. The molecule has 3 nitrogen and oxygen atoms in total. The van der Waals surface area contributed by atoms with Gasteiger partial charge in [-0.05, 0) is 31.1 Å². The van der Waals surface area contributed by atoms with Gasteiger partial charge in [-0.2, -0.15) is 16.9 Å². The van der Waals surface area contributed by atoms with E-state index in [0.29, 0.717) is 6.04 Å². The molecule has 1 saturated carbocycles. The van der Waals surface area contributed by atoms with E-state index in [0.717, 1.165) is 30.0 Å². The van der Waals surface area contributed by atoms with Gasteiger partial charge in [0, 0.05) is 18.4 Å². The van der Waals surface area contributed by atoms with Crippen molar-refractivity contribution in [3.63, 3.8) is 0 Å². The minimum atomic E-state index is -0.504. The van der Waals surface area contributed by atoms with Crippen molar-refractivity contribution in [2.45, 2.75) is 56.6 Å². The molecule has 1 saturated heterocycles. The summed E-state index contributed by atoms with van der Waals surface area (Å²) in [5.41, 5.74) is 0.557. The lowest BCUT2D eigenvalue weighted by atomic mass is 9.96. The fourth-order valence-corrected chi connectivity index (χ4v) is 4.39. The van der Waals surface area contributed by atoms with Gasteiger partial charge < -0.3 is 5.11 Å². The summed E-state index contributed by atoms with van der Waals surface area (Å²) in [6.45, 7) is 0. The van der Waals surface area contributed by atoms with Gasteiger partial charge in [-0.1, -0.05) is 19.3 Å². The van der Waals surface area contributed by atoms with Crippen LogP contribution in [0.25, 0.3) is 0 Å². The Balaban J connectivity index is 1.65. The summed E-state index contributed by atoms with van der Waals surface area (Å²) in [5, 5.41) is 15.1. The van der Waals surface area contributed by atoms with E-state index in [4.69, 9.17) is 5.10 Å². The second-order valence-corrected chi connectivity index (χ2v) is 6.89. The van der Waals surface area contributed by atoms with Crippen molar-refractivity contribution in [3.05, 3.63) is 18.0 Å². The normalized spacial score (nSPS) is 29.8. The zero-order valence-corrected chi connectivity index (χ0v) is 11.7. The fraction of sp³-hybridized carbons (Fsp3) is 0.786. The van der Waals surface area contributed by atoms with Gasteiger partial charge in [-0.25, -0.2) is 0 Å². The van der Waals surface area contributed by atoms with E-state index < -0.39 is 5.60 Å². The van der Waals surface area contributed by atoms with Crippen molar-refractivity contribution in [2.24, 2.45) is 0 Å². The van der Waals surface area contributed by atoms with Crippen LogP contribution in [0.2, 0.25) is 0 Å². The second kappa shape index (κ2) is 5.25. The number of aromatic nitrogens is 2. The van der Waals surface area contributed by atoms with Crippen LogP contribution >= 0.6 is 11.8 Å². The Bertz CT molecular complexity index is 392. The number of hydrogen-bond acceptors (Lipinski definition) is 3. The monoisotopic (exact) mass is 266 g/mol. The zero-order chi connectivity index (χ0) is 12.4. The molecule has 1 aromatic heterocycles. The van der Waals surface area contributed by atoms with Crippen molar-refractivity contribution >= 4 is 11.8 Å². The smallest absolute Gasteiger partial charge is 0.0801 e. The standard InChI is InChI=1S/C14H22N2OS/c17-14(7-9-18-11-14)10-12-6-8-16(15-12)13-4-2-1-3-5-13/h6,8,13,17H,1-5,7,9-11H2. The topological polar surface area (TPSA) is 38.0 Å². The SMILES string of the molecule is OC1(Cc2ccn(C3CCCCC3)n2)CCSC1. The molecule has 4 heteroatoms. The zero-order valence-electron chi connectivity index (χ0n) is 10.8. The van der Waals surface area contributed by atoms with Gasteiger partial charge in [0.2, 0.25) is 0 Å². The summed E-state index contributed by atoms with van der Waals surface area (Å²) < 4.78 is 2.14. The van der Waals surface area contributed by atoms with E-state index in [-0.39, 0.29) is 0 Å². The molecule has 0 aromatic carbocycles. The summed E-state index contributed by atoms with van der Waals surface area (Å²) in [6, 6.07) is 2.69. The second-order valence-electron chi connectivity index (χ2n) is 5.78. The minimum absolute atomic E-state index is 0.504. The molecule has 2 aliphatic rings. The molecule has 0 amide bonds. The Labute approximate surface area is 113 Å². The van der Waals surface area contributed by atoms with Crippen LogP contribution in [0.3, 0.4) is 0 Å². The lowest BCUT2D eigenvalue weighted by Crippen LogP contribution is -2.31. The highest BCUT2D eigenvalue weighted by Crippen LogP contribution is 2.31. The Morgan fingerprint density at radius 1 is 1.39 bits per heavy atom. The molecule has 3 rings (SSSR count). The van der Waals surface area contributed by atoms with Crippen LogP contribution in [-0.4, -0.2) is 32.0 Å². The molecule has 2 heterocycles. The van der Waals surface area contributed by atoms with Crippen LogP contribution in [-0.2, 0) is 6.42 Å². The van der Waals surface area contributed by atoms with Gasteiger partial charge >= 0.3 is 0 Å². The largest absolute Gasteiger partial charge is 0.389 e. The molecular weight excluding hydrogens is 244 g/mol. The summed E-state index contributed by atoms with van der Waals surface area (Å²) >= 11 is 1.85.